The molecule has 0 amide bonds. The summed E-state index contributed by atoms with van der Waals surface area (Å²) in [6.45, 7) is 9.86. The van der Waals surface area contributed by atoms with Crippen LogP contribution in [-0.2, 0) is 0 Å². The molecule has 1 aromatic rings. The van der Waals surface area contributed by atoms with Crippen molar-refractivity contribution in [3.63, 3.8) is 0 Å². The van der Waals surface area contributed by atoms with Gasteiger partial charge in [0.25, 0.3) is 0 Å². The minimum Gasteiger partial charge on any atom is -0.491 e. The van der Waals surface area contributed by atoms with Crippen LogP contribution in [0.1, 0.15) is 25.8 Å². The smallest absolute Gasteiger partial charge is 0.122 e. The van der Waals surface area contributed by atoms with E-state index in [1.165, 1.54) is 6.42 Å². The number of aliphatic hydroxyl groups excluding tert-OH is 1. The number of aryl methyl sites for hydroxylation is 1. The van der Waals surface area contributed by atoms with Crippen LogP contribution in [0.15, 0.2) is 24.3 Å². The van der Waals surface area contributed by atoms with Gasteiger partial charge >= 0.3 is 0 Å². The molecule has 0 unspecified atom stereocenters. The van der Waals surface area contributed by atoms with Crippen molar-refractivity contribution in [2.24, 2.45) is 11.8 Å². The summed E-state index contributed by atoms with van der Waals surface area (Å²) >= 11 is 0. The zero-order valence-corrected chi connectivity index (χ0v) is 12.9. The Labute approximate surface area is 122 Å². The summed E-state index contributed by atoms with van der Waals surface area (Å²) in [5.41, 5.74) is 1.11. The van der Waals surface area contributed by atoms with E-state index in [9.17, 15) is 5.11 Å². The van der Waals surface area contributed by atoms with Crippen LogP contribution in [0.4, 0.5) is 0 Å². The minimum atomic E-state index is -0.424. The lowest BCUT2D eigenvalue weighted by molar-refractivity contribution is 0.0427. The Morgan fingerprint density at radius 1 is 1.25 bits per heavy atom. The van der Waals surface area contributed by atoms with E-state index in [-0.39, 0.29) is 0 Å². The third kappa shape index (κ3) is 4.50. The van der Waals surface area contributed by atoms with Gasteiger partial charge in [-0.15, -0.1) is 0 Å². The van der Waals surface area contributed by atoms with Gasteiger partial charge < -0.3 is 14.7 Å². The average molecular weight is 277 g/mol. The molecule has 1 aliphatic rings. The van der Waals surface area contributed by atoms with Crippen LogP contribution >= 0.6 is 0 Å². The number of nitrogens with zero attached hydrogens (tertiary/aromatic N) is 1. The molecular formula is C17H27NO2. The fourth-order valence-corrected chi connectivity index (χ4v) is 3.20. The molecular weight excluding hydrogens is 250 g/mol. The third-order valence-corrected chi connectivity index (χ3v) is 3.94. The van der Waals surface area contributed by atoms with Gasteiger partial charge in [-0.3, -0.25) is 0 Å². The van der Waals surface area contributed by atoms with Crippen LogP contribution in [0.2, 0.25) is 0 Å². The van der Waals surface area contributed by atoms with E-state index in [0.29, 0.717) is 13.2 Å². The molecule has 2 rings (SSSR count). The first-order valence-corrected chi connectivity index (χ1v) is 7.63. The summed E-state index contributed by atoms with van der Waals surface area (Å²) in [7, 11) is 0. The number of hydrogen-bond acceptors (Lipinski definition) is 3. The van der Waals surface area contributed by atoms with Gasteiger partial charge in [0.1, 0.15) is 18.5 Å². The number of likely N-dealkylation sites (tertiary alicyclic amines) is 1. The van der Waals surface area contributed by atoms with Crippen molar-refractivity contribution in [3.8, 4) is 5.75 Å². The normalized spacial score (nSPS) is 25.4. The molecule has 0 spiro atoms. The van der Waals surface area contributed by atoms with Crippen LogP contribution in [-0.4, -0.2) is 42.4 Å². The highest BCUT2D eigenvalue weighted by atomic mass is 16.5. The number of β-amino-alcohol motifs (C(OH)–C–C–N with tert-alkyl or cyclic N) is 1. The Morgan fingerprint density at radius 3 is 2.55 bits per heavy atom. The molecule has 0 bridgehead atoms. The highest BCUT2D eigenvalue weighted by Gasteiger charge is 2.23. The van der Waals surface area contributed by atoms with Crippen molar-refractivity contribution in [2.45, 2.75) is 33.3 Å². The molecule has 1 N–H and O–H groups in total. The standard InChI is InChI=1S/C17H27NO2/c1-13-8-14(2)10-18(9-13)11-16(19)12-20-17-7-5-4-6-15(17)3/h4-7,13-14,16,19H,8-12H2,1-3H3/t13-,14+,16-/m0/s1. The second-order valence-electron chi connectivity index (χ2n) is 6.39. The third-order valence-electron chi connectivity index (χ3n) is 3.94. The number of hydrogen-bond donors (Lipinski definition) is 1. The number of rotatable bonds is 5. The van der Waals surface area contributed by atoms with Gasteiger partial charge in [-0.25, -0.2) is 0 Å². The maximum absolute atomic E-state index is 10.2. The van der Waals surface area contributed by atoms with Gasteiger partial charge in [-0.2, -0.15) is 0 Å². The maximum atomic E-state index is 10.2. The molecule has 3 nitrogen and oxygen atoms in total. The van der Waals surface area contributed by atoms with Crippen molar-refractivity contribution >= 4 is 0 Å². The average Bonchev–Trinajstić information content (AvgIpc) is 2.36. The van der Waals surface area contributed by atoms with Crippen LogP contribution in [0.3, 0.4) is 0 Å². The fourth-order valence-electron chi connectivity index (χ4n) is 3.20. The molecule has 1 fully saturated rings. The number of para-hydroxylation sites is 1. The molecule has 0 saturated carbocycles. The predicted octanol–water partition coefficient (Wildman–Crippen LogP) is 2.71. The fraction of sp³-hybridized carbons (Fsp3) is 0.647. The van der Waals surface area contributed by atoms with E-state index < -0.39 is 6.10 Å². The predicted molar refractivity (Wildman–Crippen MR) is 82.1 cm³/mol. The molecule has 1 saturated heterocycles. The maximum Gasteiger partial charge on any atom is 0.122 e. The molecule has 1 aliphatic heterocycles. The molecule has 112 valence electrons. The Morgan fingerprint density at radius 2 is 1.90 bits per heavy atom. The van der Waals surface area contributed by atoms with Crippen molar-refractivity contribution in [2.75, 3.05) is 26.2 Å². The zero-order chi connectivity index (χ0) is 14.5. The summed E-state index contributed by atoms with van der Waals surface area (Å²) in [4.78, 5) is 2.37. The summed E-state index contributed by atoms with van der Waals surface area (Å²) in [5, 5.41) is 10.2. The van der Waals surface area contributed by atoms with E-state index in [2.05, 4.69) is 18.7 Å². The van der Waals surface area contributed by atoms with E-state index in [4.69, 9.17) is 4.74 Å². The topological polar surface area (TPSA) is 32.7 Å². The van der Waals surface area contributed by atoms with Crippen LogP contribution in [0, 0.1) is 18.8 Å². The molecule has 0 aliphatic carbocycles. The monoisotopic (exact) mass is 277 g/mol. The molecule has 0 aromatic heterocycles. The highest BCUT2D eigenvalue weighted by Crippen LogP contribution is 2.21. The SMILES string of the molecule is Cc1ccccc1OC[C@@H](O)CN1C[C@H](C)C[C@H](C)C1. The van der Waals surface area contributed by atoms with Crippen LogP contribution in [0.25, 0.3) is 0 Å². The summed E-state index contributed by atoms with van der Waals surface area (Å²) < 4.78 is 5.72. The summed E-state index contributed by atoms with van der Waals surface area (Å²) in [5.74, 6) is 2.32. The first-order chi connectivity index (χ1) is 9.54. The van der Waals surface area contributed by atoms with Gasteiger partial charge in [-0.05, 0) is 36.8 Å². The summed E-state index contributed by atoms with van der Waals surface area (Å²) in [6, 6.07) is 7.93. The van der Waals surface area contributed by atoms with Crippen molar-refractivity contribution in [3.05, 3.63) is 29.8 Å². The van der Waals surface area contributed by atoms with E-state index >= 15 is 0 Å². The Kier molecular flexibility index (Phi) is 5.44. The van der Waals surface area contributed by atoms with Gasteiger partial charge in [0, 0.05) is 19.6 Å². The number of aliphatic hydroxyl groups is 1. The molecule has 1 heterocycles. The Bertz CT molecular complexity index is 411. The minimum absolute atomic E-state index is 0.365. The molecule has 1 aromatic carbocycles. The first-order valence-electron chi connectivity index (χ1n) is 7.63. The van der Waals surface area contributed by atoms with Crippen molar-refractivity contribution < 1.29 is 9.84 Å². The molecule has 3 atom stereocenters. The van der Waals surface area contributed by atoms with Gasteiger partial charge in [0.15, 0.2) is 0 Å². The lowest BCUT2D eigenvalue weighted by atomic mass is 9.92. The van der Waals surface area contributed by atoms with E-state index in [0.717, 1.165) is 36.2 Å². The van der Waals surface area contributed by atoms with Gasteiger partial charge in [0.05, 0.1) is 0 Å². The lowest BCUT2D eigenvalue weighted by Crippen LogP contribution is -2.44. The number of ether oxygens (including phenoxy) is 1. The quantitative estimate of drug-likeness (QED) is 0.898. The second kappa shape index (κ2) is 7.09. The van der Waals surface area contributed by atoms with E-state index in [1.54, 1.807) is 0 Å². The number of benzene rings is 1. The van der Waals surface area contributed by atoms with Crippen molar-refractivity contribution in [1.29, 1.82) is 0 Å². The largest absolute Gasteiger partial charge is 0.491 e. The van der Waals surface area contributed by atoms with Crippen LogP contribution in [0.5, 0.6) is 5.75 Å². The zero-order valence-electron chi connectivity index (χ0n) is 12.9. The van der Waals surface area contributed by atoms with Crippen molar-refractivity contribution in [1.82, 2.24) is 4.90 Å². The lowest BCUT2D eigenvalue weighted by Gasteiger charge is -2.35. The van der Waals surface area contributed by atoms with Crippen LogP contribution < -0.4 is 4.74 Å². The molecule has 20 heavy (non-hydrogen) atoms. The van der Waals surface area contributed by atoms with Gasteiger partial charge in [0.2, 0.25) is 0 Å². The number of piperidine rings is 1. The van der Waals surface area contributed by atoms with Gasteiger partial charge in [-0.1, -0.05) is 32.0 Å². The van der Waals surface area contributed by atoms with E-state index in [1.807, 2.05) is 31.2 Å². The molecule has 3 heteroatoms. The summed E-state index contributed by atoms with van der Waals surface area (Å²) in [6.07, 6.45) is 0.874. The Hall–Kier alpha value is -1.06. The highest BCUT2D eigenvalue weighted by molar-refractivity contribution is 5.31. The first kappa shape index (κ1) is 15.3. The second-order valence-corrected chi connectivity index (χ2v) is 6.39. The molecule has 0 radical (unpaired) electrons. The Balaban J connectivity index is 1.78.